The molecule has 1 saturated carbocycles. The van der Waals surface area contributed by atoms with Crippen LogP contribution in [0.2, 0.25) is 0 Å². The van der Waals surface area contributed by atoms with E-state index >= 15 is 0 Å². The Morgan fingerprint density at radius 2 is 1.36 bits per heavy atom. The quantitative estimate of drug-likeness (QED) is 0.390. The molecule has 1 rings (SSSR count). The molecular formula is C20H38O2. The highest BCUT2D eigenvalue weighted by molar-refractivity contribution is 5.75. The van der Waals surface area contributed by atoms with Crippen molar-refractivity contribution in [2.75, 3.05) is 0 Å². The Morgan fingerprint density at radius 1 is 0.864 bits per heavy atom. The first-order valence-electron chi connectivity index (χ1n) is 9.90. The first-order valence-corrected chi connectivity index (χ1v) is 9.90. The van der Waals surface area contributed by atoms with Crippen LogP contribution in [0.5, 0.6) is 0 Å². The van der Waals surface area contributed by atoms with E-state index in [0.717, 1.165) is 44.9 Å². The average molecular weight is 311 g/mol. The molecule has 130 valence electrons. The number of carboxylic acid groups (broad SMARTS) is 1. The first-order chi connectivity index (χ1) is 10.7. The van der Waals surface area contributed by atoms with Crippen LogP contribution >= 0.6 is 0 Å². The molecule has 0 bridgehead atoms. The summed E-state index contributed by atoms with van der Waals surface area (Å²) >= 11 is 0. The third kappa shape index (κ3) is 5.93. The number of carbonyl (C=O) groups is 1. The zero-order valence-corrected chi connectivity index (χ0v) is 15.0. The Morgan fingerprint density at radius 3 is 1.91 bits per heavy atom. The number of hydrogen-bond donors (Lipinski definition) is 1. The summed E-state index contributed by atoms with van der Waals surface area (Å²) in [6.07, 6.45) is 17.7. The van der Waals surface area contributed by atoms with E-state index in [0.29, 0.717) is 5.92 Å². The van der Waals surface area contributed by atoms with Crippen molar-refractivity contribution in [3.63, 3.8) is 0 Å². The molecule has 1 aliphatic rings. The molecule has 1 fully saturated rings. The number of hydrogen-bond acceptors (Lipinski definition) is 1. The summed E-state index contributed by atoms with van der Waals surface area (Å²) in [6.45, 7) is 4.42. The van der Waals surface area contributed by atoms with Gasteiger partial charge in [0.2, 0.25) is 0 Å². The molecule has 2 heteroatoms. The van der Waals surface area contributed by atoms with E-state index in [-0.39, 0.29) is 0 Å². The summed E-state index contributed by atoms with van der Waals surface area (Å²) in [6, 6.07) is 0. The van der Waals surface area contributed by atoms with Gasteiger partial charge in [-0.05, 0) is 31.6 Å². The predicted molar refractivity (Wildman–Crippen MR) is 94.2 cm³/mol. The van der Waals surface area contributed by atoms with Crippen molar-refractivity contribution in [1.29, 1.82) is 0 Å². The molecule has 0 aliphatic heterocycles. The number of carboxylic acids is 1. The van der Waals surface area contributed by atoms with Gasteiger partial charge in [0.1, 0.15) is 0 Å². The van der Waals surface area contributed by atoms with Crippen LogP contribution < -0.4 is 0 Å². The van der Waals surface area contributed by atoms with Crippen LogP contribution in [0.15, 0.2) is 0 Å². The van der Waals surface area contributed by atoms with Gasteiger partial charge in [-0.25, -0.2) is 0 Å². The van der Waals surface area contributed by atoms with E-state index in [1.165, 1.54) is 51.4 Å². The fraction of sp³-hybridized carbons (Fsp3) is 0.950. The third-order valence-electron chi connectivity index (χ3n) is 5.77. The average Bonchev–Trinajstić information content (AvgIpc) is 3.04. The molecule has 1 N–H and O–H groups in total. The Kier molecular flexibility index (Phi) is 9.82. The first kappa shape index (κ1) is 19.5. The summed E-state index contributed by atoms with van der Waals surface area (Å²) in [5, 5.41) is 9.98. The zero-order valence-electron chi connectivity index (χ0n) is 15.0. The molecule has 0 radical (unpaired) electrons. The van der Waals surface area contributed by atoms with Crippen LogP contribution in [-0.2, 0) is 4.79 Å². The summed E-state index contributed by atoms with van der Waals surface area (Å²) in [5.41, 5.74) is -0.407. The number of aliphatic carboxylic acids is 1. The predicted octanol–water partition coefficient (Wildman–Crippen LogP) is 6.58. The van der Waals surface area contributed by atoms with Crippen LogP contribution in [0, 0.1) is 11.3 Å². The van der Waals surface area contributed by atoms with E-state index in [4.69, 9.17) is 0 Å². The van der Waals surface area contributed by atoms with E-state index in [2.05, 4.69) is 13.8 Å². The Labute approximate surface area is 138 Å². The van der Waals surface area contributed by atoms with E-state index in [1.807, 2.05) is 0 Å². The fourth-order valence-electron chi connectivity index (χ4n) is 4.29. The number of rotatable bonds is 13. The molecule has 2 nitrogen and oxygen atoms in total. The molecular weight excluding hydrogens is 272 g/mol. The minimum atomic E-state index is -0.501. The second-order valence-corrected chi connectivity index (χ2v) is 7.42. The van der Waals surface area contributed by atoms with Crippen molar-refractivity contribution < 1.29 is 9.90 Å². The van der Waals surface area contributed by atoms with Gasteiger partial charge in [0.05, 0.1) is 5.41 Å². The molecule has 1 unspecified atom stereocenters. The molecule has 0 amide bonds. The lowest BCUT2D eigenvalue weighted by molar-refractivity contribution is -0.154. The smallest absolute Gasteiger partial charge is 0.309 e. The molecule has 1 aliphatic carbocycles. The van der Waals surface area contributed by atoms with Crippen molar-refractivity contribution in [2.45, 2.75) is 110 Å². The van der Waals surface area contributed by atoms with Gasteiger partial charge in [0, 0.05) is 0 Å². The van der Waals surface area contributed by atoms with Gasteiger partial charge >= 0.3 is 5.97 Å². The Hall–Kier alpha value is -0.530. The zero-order chi connectivity index (χ0) is 16.3. The lowest BCUT2D eigenvalue weighted by atomic mass is 9.67. The normalized spacial score (nSPS) is 18.5. The van der Waals surface area contributed by atoms with Gasteiger partial charge in [-0.2, -0.15) is 0 Å². The second-order valence-electron chi connectivity index (χ2n) is 7.42. The standard InChI is InChI=1S/C20H38O2/c1-3-5-7-8-9-10-13-17-20(19(21)22,16-6-4-2)18-14-11-12-15-18/h18H,3-17H2,1-2H3,(H,21,22). The van der Waals surface area contributed by atoms with Crippen LogP contribution in [-0.4, -0.2) is 11.1 Å². The summed E-state index contributed by atoms with van der Waals surface area (Å²) in [4.78, 5) is 12.1. The SMILES string of the molecule is CCCCCCCCCC(CCCC)(C(=O)O)C1CCCC1. The van der Waals surface area contributed by atoms with Crippen LogP contribution in [0.4, 0.5) is 0 Å². The molecule has 0 aromatic carbocycles. The monoisotopic (exact) mass is 310 g/mol. The fourth-order valence-corrected chi connectivity index (χ4v) is 4.29. The molecule has 0 heterocycles. The van der Waals surface area contributed by atoms with Gasteiger partial charge in [-0.15, -0.1) is 0 Å². The molecule has 0 aromatic rings. The van der Waals surface area contributed by atoms with E-state index in [9.17, 15) is 9.90 Å². The van der Waals surface area contributed by atoms with Gasteiger partial charge < -0.3 is 5.11 Å². The van der Waals surface area contributed by atoms with Crippen molar-refractivity contribution >= 4 is 5.97 Å². The highest BCUT2D eigenvalue weighted by Gasteiger charge is 2.45. The minimum Gasteiger partial charge on any atom is -0.481 e. The maximum atomic E-state index is 12.1. The third-order valence-corrected chi connectivity index (χ3v) is 5.77. The van der Waals surface area contributed by atoms with Crippen molar-refractivity contribution in [3.05, 3.63) is 0 Å². The van der Waals surface area contributed by atoms with Gasteiger partial charge in [-0.1, -0.05) is 84.5 Å². The number of unbranched alkanes of at least 4 members (excludes halogenated alkanes) is 7. The molecule has 0 saturated heterocycles. The van der Waals surface area contributed by atoms with E-state index < -0.39 is 11.4 Å². The summed E-state index contributed by atoms with van der Waals surface area (Å²) in [5.74, 6) is -0.0597. The molecule has 0 spiro atoms. The Balaban J connectivity index is 2.47. The van der Waals surface area contributed by atoms with Gasteiger partial charge in [-0.3, -0.25) is 4.79 Å². The van der Waals surface area contributed by atoms with Gasteiger partial charge in [0.15, 0.2) is 0 Å². The maximum Gasteiger partial charge on any atom is 0.309 e. The minimum absolute atomic E-state index is 0.407. The highest BCUT2D eigenvalue weighted by Crippen LogP contribution is 2.47. The molecule has 22 heavy (non-hydrogen) atoms. The van der Waals surface area contributed by atoms with Crippen LogP contribution in [0.3, 0.4) is 0 Å². The molecule has 0 aromatic heterocycles. The van der Waals surface area contributed by atoms with Crippen LogP contribution in [0.25, 0.3) is 0 Å². The van der Waals surface area contributed by atoms with Crippen molar-refractivity contribution in [1.82, 2.24) is 0 Å². The molecule has 1 atom stereocenters. The van der Waals surface area contributed by atoms with Crippen molar-refractivity contribution in [2.24, 2.45) is 11.3 Å². The largest absolute Gasteiger partial charge is 0.481 e. The maximum absolute atomic E-state index is 12.1. The highest BCUT2D eigenvalue weighted by atomic mass is 16.4. The van der Waals surface area contributed by atoms with E-state index in [1.54, 1.807) is 0 Å². The second kappa shape index (κ2) is 11.1. The van der Waals surface area contributed by atoms with Gasteiger partial charge in [0.25, 0.3) is 0 Å². The summed E-state index contributed by atoms with van der Waals surface area (Å²) in [7, 11) is 0. The summed E-state index contributed by atoms with van der Waals surface area (Å²) < 4.78 is 0. The van der Waals surface area contributed by atoms with Crippen molar-refractivity contribution in [3.8, 4) is 0 Å². The Bertz CT molecular complexity index is 294. The topological polar surface area (TPSA) is 37.3 Å². The lowest BCUT2D eigenvalue weighted by Crippen LogP contribution is -2.38. The van der Waals surface area contributed by atoms with Crippen LogP contribution in [0.1, 0.15) is 110 Å². The lowest BCUT2D eigenvalue weighted by Gasteiger charge is -2.35.